The lowest BCUT2D eigenvalue weighted by Crippen LogP contribution is -2.08. The number of methoxy groups -OCH3 is 1. The third-order valence-electron chi connectivity index (χ3n) is 1.97. The highest BCUT2D eigenvalue weighted by molar-refractivity contribution is 5.73. The topological polar surface area (TPSA) is 82.3 Å². The van der Waals surface area contributed by atoms with Gasteiger partial charge in [0.15, 0.2) is 0 Å². The van der Waals surface area contributed by atoms with Crippen LogP contribution in [-0.4, -0.2) is 23.0 Å². The first kappa shape index (κ1) is 12.9. The fourth-order valence-electron chi connectivity index (χ4n) is 1.14. The summed E-state index contributed by atoms with van der Waals surface area (Å²) in [6, 6.07) is 0.656. The summed E-state index contributed by atoms with van der Waals surface area (Å²) in [5.74, 6) is -0.709. The molecular formula is C9H8F2N2O4. The number of esters is 1. The highest BCUT2D eigenvalue weighted by atomic mass is 19.3. The van der Waals surface area contributed by atoms with Gasteiger partial charge in [0.1, 0.15) is 5.69 Å². The van der Waals surface area contributed by atoms with Crippen LogP contribution in [0, 0.1) is 10.1 Å². The molecule has 6 nitrogen and oxygen atoms in total. The minimum Gasteiger partial charge on any atom is -0.469 e. The summed E-state index contributed by atoms with van der Waals surface area (Å²) >= 11 is 0. The Kier molecular flexibility index (Phi) is 4.02. The van der Waals surface area contributed by atoms with Crippen LogP contribution in [0.2, 0.25) is 0 Å². The van der Waals surface area contributed by atoms with E-state index in [4.69, 9.17) is 0 Å². The van der Waals surface area contributed by atoms with E-state index in [1.165, 1.54) is 0 Å². The molecule has 0 saturated heterocycles. The largest absolute Gasteiger partial charge is 0.469 e. The van der Waals surface area contributed by atoms with Gasteiger partial charge in [0.05, 0.1) is 24.0 Å². The Morgan fingerprint density at radius 1 is 1.65 bits per heavy atom. The quantitative estimate of drug-likeness (QED) is 0.458. The van der Waals surface area contributed by atoms with Crippen molar-refractivity contribution in [3.63, 3.8) is 0 Å². The number of nitro groups is 1. The summed E-state index contributed by atoms with van der Waals surface area (Å²) < 4.78 is 28.9. The molecule has 0 aliphatic rings. The summed E-state index contributed by atoms with van der Waals surface area (Å²) in [6.45, 7) is 0. The van der Waals surface area contributed by atoms with E-state index in [1.54, 1.807) is 0 Å². The van der Waals surface area contributed by atoms with Crippen LogP contribution < -0.4 is 0 Å². The highest BCUT2D eigenvalue weighted by Gasteiger charge is 2.21. The molecule has 1 aromatic rings. The molecule has 0 amide bonds. The van der Waals surface area contributed by atoms with E-state index in [0.717, 1.165) is 13.3 Å². The van der Waals surface area contributed by atoms with Gasteiger partial charge in [-0.05, 0) is 0 Å². The standard InChI is InChI=1S/C9H8F2N2O4/c1-17-8(14)2-5-4-12-6(9(10)11)3-7(5)13(15)16/h3-4,9H,2H2,1H3. The fourth-order valence-corrected chi connectivity index (χ4v) is 1.14. The van der Waals surface area contributed by atoms with Crippen LogP contribution in [0.25, 0.3) is 0 Å². The number of halogens is 2. The molecule has 0 aliphatic heterocycles. The Bertz CT molecular complexity index is 451. The molecule has 0 bridgehead atoms. The minimum absolute atomic E-state index is 0.0637. The van der Waals surface area contributed by atoms with Gasteiger partial charge >= 0.3 is 5.97 Å². The summed E-state index contributed by atoms with van der Waals surface area (Å²) in [4.78, 5) is 24.1. The molecule has 0 aromatic carbocycles. The van der Waals surface area contributed by atoms with Gasteiger partial charge < -0.3 is 4.74 Å². The summed E-state index contributed by atoms with van der Waals surface area (Å²) in [7, 11) is 1.12. The van der Waals surface area contributed by atoms with Crippen molar-refractivity contribution in [1.29, 1.82) is 0 Å². The number of carbonyl (C=O) groups excluding carboxylic acids is 1. The van der Waals surface area contributed by atoms with Crippen molar-refractivity contribution in [2.24, 2.45) is 0 Å². The predicted octanol–water partition coefficient (Wildman–Crippen LogP) is 1.64. The molecule has 17 heavy (non-hydrogen) atoms. The average Bonchev–Trinajstić information content (AvgIpc) is 2.28. The molecule has 0 radical (unpaired) electrons. The summed E-state index contributed by atoms with van der Waals surface area (Å²) in [5, 5.41) is 10.6. The maximum absolute atomic E-state index is 12.3. The van der Waals surface area contributed by atoms with E-state index >= 15 is 0 Å². The van der Waals surface area contributed by atoms with Gasteiger partial charge in [-0.3, -0.25) is 19.9 Å². The maximum atomic E-state index is 12.3. The molecule has 0 aliphatic carbocycles. The zero-order valence-electron chi connectivity index (χ0n) is 8.72. The van der Waals surface area contributed by atoms with Crippen molar-refractivity contribution in [3.8, 4) is 0 Å². The number of carbonyl (C=O) groups is 1. The van der Waals surface area contributed by atoms with E-state index < -0.39 is 28.7 Å². The molecule has 0 spiro atoms. The number of ether oxygens (including phenoxy) is 1. The maximum Gasteiger partial charge on any atom is 0.310 e. The van der Waals surface area contributed by atoms with Gasteiger partial charge in [0.25, 0.3) is 12.1 Å². The molecule has 1 aromatic heterocycles. The zero-order valence-corrected chi connectivity index (χ0v) is 8.72. The van der Waals surface area contributed by atoms with Crippen molar-refractivity contribution in [2.75, 3.05) is 7.11 Å². The number of hydrogen-bond donors (Lipinski definition) is 0. The van der Waals surface area contributed by atoms with Gasteiger partial charge in [-0.15, -0.1) is 0 Å². The number of alkyl halides is 2. The van der Waals surface area contributed by atoms with Gasteiger partial charge in [0.2, 0.25) is 0 Å². The second-order valence-electron chi connectivity index (χ2n) is 3.05. The predicted molar refractivity (Wildman–Crippen MR) is 51.6 cm³/mol. The van der Waals surface area contributed by atoms with Crippen LogP contribution >= 0.6 is 0 Å². The third-order valence-corrected chi connectivity index (χ3v) is 1.97. The minimum atomic E-state index is -2.90. The number of aromatic nitrogens is 1. The lowest BCUT2D eigenvalue weighted by molar-refractivity contribution is -0.385. The molecule has 0 atom stereocenters. The van der Waals surface area contributed by atoms with Crippen LogP contribution in [0.15, 0.2) is 12.3 Å². The van der Waals surface area contributed by atoms with Crippen LogP contribution in [0.1, 0.15) is 17.7 Å². The van der Waals surface area contributed by atoms with Crippen LogP contribution in [-0.2, 0) is 16.0 Å². The van der Waals surface area contributed by atoms with E-state index in [2.05, 4.69) is 9.72 Å². The Balaban J connectivity index is 3.13. The van der Waals surface area contributed by atoms with Crippen molar-refractivity contribution in [3.05, 3.63) is 33.6 Å². The molecule has 0 fully saturated rings. The van der Waals surface area contributed by atoms with E-state index in [0.29, 0.717) is 6.07 Å². The lowest BCUT2D eigenvalue weighted by atomic mass is 10.1. The molecule has 92 valence electrons. The monoisotopic (exact) mass is 246 g/mol. The van der Waals surface area contributed by atoms with E-state index in [1.807, 2.05) is 0 Å². The first-order chi connectivity index (χ1) is 7.95. The molecule has 0 unspecified atom stereocenters. The number of nitrogens with zero attached hydrogens (tertiary/aromatic N) is 2. The first-order valence-electron chi connectivity index (χ1n) is 4.44. The van der Waals surface area contributed by atoms with Crippen LogP contribution in [0.3, 0.4) is 0 Å². The van der Waals surface area contributed by atoms with Crippen LogP contribution in [0.5, 0.6) is 0 Å². The lowest BCUT2D eigenvalue weighted by Gasteiger charge is -2.03. The third kappa shape index (κ3) is 3.16. The van der Waals surface area contributed by atoms with Crippen LogP contribution in [0.4, 0.5) is 14.5 Å². The fraction of sp³-hybridized carbons (Fsp3) is 0.333. The Morgan fingerprint density at radius 3 is 2.76 bits per heavy atom. The molecule has 0 saturated carbocycles. The van der Waals surface area contributed by atoms with E-state index in [-0.39, 0.29) is 12.0 Å². The highest BCUT2D eigenvalue weighted by Crippen LogP contribution is 2.24. The smallest absolute Gasteiger partial charge is 0.310 e. The Morgan fingerprint density at radius 2 is 2.29 bits per heavy atom. The van der Waals surface area contributed by atoms with Gasteiger partial charge in [-0.2, -0.15) is 0 Å². The molecule has 8 heteroatoms. The number of rotatable bonds is 4. The molecule has 1 rings (SSSR count). The molecular weight excluding hydrogens is 238 g/mol. The second kappa shape index (κ2) is 5.28. The van der Waals surface area contributed by atoms with Crippen molar-refractivity contribution in [2.45, 2.75) is 12.8 Å². The Labute approximate surface area is 94.4 Å². The zero-order chi connectivity index (χ0) is 13.0. The summed E-state index contributed by atoms with van der Waals surface area (Å²) in [5.41, 5.74) is -1.34. The average molecular weight is 246 g/mol. The van der Waals surface area contributed by atoms with Gasteiger partial charge in [-0.25, -0.2) is 8.78 Å². The first-order valence-corrected chi connectivity index (χ1v) is 4.44. The number of hydrogen-bond acceptors (Lipinski definition) is 5. The second-order valence-corrected chi connectivity index (χ2v) is 3.05. The SMILES string of the molecule is COC(=O)Cc1cnc(C(F)F)cc1[N+](=O)[O-]. The van der Waals surface area contributed by atoms with Gasteiger partial charge in [0, 0.05) is 12.3 Å². The number of pyridine rings is 1. The molecule has 1 heterocycles. The Hall–Kier alpha value is -2.12. The van der Waals surface area contributed by atoms with Gasteiger partial charge in [-0.1, -0.05) is 0 Å². The van der Waals surface area contributed by atoms with Crippen molar-refractivity contribution >= 4 is 11.7 Å². The van der Waals surface area contributed by atoms with Crippen molar-refractivity contribution < 1.29 is 23.2 Å². The molecule has 0 N–H and O–H groups in total. The van der Waals surface area contributed by atoms with E-state index in [9.17, 15) is 23.7 Å². The normalized spacial score (nSPS) is 10.4. The van der Waals surface area contributed by atoms with Crippen molar-refractivity contribution in [1.82, 2.24) is 4.98 Å². The summed E-state index contributed by atoms with van der Waals surface area (Å²) in [6.07, 6.45) is -2.40.